The van der Waals surface area contributed by atoms with Gasteiger partial charge in [-0.25, -0.2) is 0 Å². The van der Waals surface area contributed by atoms with Gasteiger partial charge in [0, 0.05) is 5.57 Å². The lowest BCUT2D eigenvalue weighted by Crippen LogP contribution is -2.07. The molecule has 0 aromatic carbocycles. The Kier molecular flexibility index (Phi) is 17.7. The van der Waals surface area contributed by atoms with Gasteiger partial charge < -0.3 is 0 Å². The van der Waals surface area contributed by atoms with Crippen molar-refractivity contribution in [3.8, 4) is 0 Å². The molecule has 2 heteroatoms. The monoisotopic (exact) mass is 416 g/mol. The van der Waals surface area contributed by atoms with Crippen molar-refractivity contribution < 1.29 is 9.59 Å². The maximum atomic E-state index is 11.7. The largest absolute Gasteiger partial charge is 0.290 e. The van der Waals surface area contributed by atoms with Gasteiger partial charge in [0.15, 0.2) is 11.6 Å². The zero-order chi connectivity index (χ0) is 21.7. The van der Waals surface area contributed by atoms with Crippen molar-refractivity contribution in [1.29, 1.82) is 0 Å². The Bertz CT molecular complexity index is 501. The number of unbranched alkanes of at least 4 members (excludes halogenated alkanes) is 19. The first-order valence-electron chi connectivity index (χ1n) is 13.2. The van der Waals surface area contributed by atoms with Crippen LogP contribution in [0.4, 0.5) is 0 Å². The number of ketones is 2. The van der Waals surface area contributed by atoms with E-state index < -0.39 is 0 Å². The van der Waals surface area contributed by atoms with Crippen LogP contribution in [-0.2, 0) is 9.59 Å². The lowest BCUT2D eigenvalue weighted by molar-refractivity contribution is -0.114. The summed E-state index contributed by atoms with van der Waals surface area (Å²) in [5.41, 5.74) is 0.699. The average Bonchev–Trinajstić information content (AvgIpc) is 2.74. The molecular formula is C28H48O2. The summed E-state index contributed by atoms with van der Waals surface area (Å²) >= 11 is 0. The van der Waals surface area contributed by atoms with Crippen molar-refractivity contribution in [1.82, 2.24) is 0 Å². The Morgan fingerprint density at radius 1 is 0.500 bits per heavy atom. The fourth-order valence-electron chi connectivity index (χ4n) is 4.32. The van der Waals surface area contributed by atoms with Crippen LogP contribution in [-0.4, -0.2) is 11.6 Å². The summed E-state index contributed by atoms with van der Waals surface area (Å²) in [5, 5.41) is 0. The normalized spacial score (nSPS) is 13.8. The van der Waals surface area contributed by atoms with E-state index in [1.165, 1.54) is 140 Å². The molecule has 0 saturated heterocycles. The third-order valence-electron chi connectivity index (χ3n) is 6.33. The van der Waals surface area contributed by atoms with Gasteiger partial charge in [-0.1, -0.05) is 129 Å². The molecule has 0 fully saturated rings. The minimum atomic E-state index is -0.0437. The van der Waals surface area contributed by atoms with E-state index in [9.17, 15) is 9.59 Å². The van der Waals surface area contributed by atoms with Gasteiger partial charge in [-0.05, 0) is 31.1 Å². The van der Waals surface area contributed by atoms with Crippen molar-refractivity contribution in [2.45, 2.75) is 142 Å². The van der Waals surface area contributed by atoms with E-state index in [-0.39, 0.29) is 11.6 Å². The third kappa shape index (κ3) is 15.6. The summed E-state index contributed by atoms with van der Waals surface area (Å²) in [5.74, 6) is -0.0230. The Labute approximate surface area is 187 Å². The third-order valence-corrected chi connectivity index (χ3v) is 6.33. The van der Waals surface area contributed by atoms with Gasteiger partial charge in [0.1, 0.15) is 0 Å². The van der Waals surface area contributed by atoms with Crippen LogP contribution < -0.4 is 0 Å². The summed E-state index contributed by atoms with van der Waals surface area (Å²) in [4.78, 5) is 23.0. The van der Waals surface area contributed by atoms with Gasteiger partial charge in [-0.3, -0.25) is 9.59 Å². The lowest BCUT2D eigenvalue weighted by Gasteiger charge is -2.06. The number of carbonyl (C=O) groups is 2. The Hall–Kier alpha value is -1.18. The summed E-state index contributed by atoms with van der Waals surface area (Å²) in [6.07, 6.45) is 32.6. The second-order valence-electron chi connectivity index (χ2n) is 9.24. The molecule has 0 aromatic heterocycles. The van der Waals surface area contributed by atoms with E-state index in [0.29, 0.717) is 5.57 Å². The molecule has 0 saturated carbocycles. The zero-order valence-electron chi connectivity index (χ0n) is 19.9. The fraction of sp³-hybridized carbons (Fsp3) is 0.786. The van der Waals surface area contributed by atoms with Crippen molar-refractivity contribution in [2.24, 2.45) is 0 Å². The predicted octanol–water partition coefficient (Wildman–Crippen LogP) is 8.83. The fourth-order valence-corrected chi connectivity index (χ4v) is 4.32. The SMILES string of the molecule is CCCCCCCCCCCCCCCCCCCCCCC1=CC(=O)C=CC1=O. The zero-order valence-corrected chi connectivity index (χ0v) is 19.9. The molecule has 2 nitrogen and oxygen atoms in total. The Balaban J connectivity index is 1.73. The molecule has 0 bridgehead atoms. The van der Waals surface area contributed by atoms with Crippen LogP contribution in [0.25, 0.3) is 0 Å². The number of rotatable bonds is 21. The smallest absolute Gasteiger partial charge is 0.182 e. The van der Waals surface area contributed by atoms with Crippen molar-refractivity contribution in [2.75, 3.05) is 0 Å². The van der Waals surface area contributed by atoms with Crippen molar-refractivity contribution in [3.05, 3.63) is 23.8 Å². The van der Waals surface area contributed by atoms with Crippen LogP contribution in [0, 0.1) is 0 Å². The van der Waals surface area contributed by atoms with E-state index in [2.05, 4.69) is 6.92 Å². The van der Waals surface area contributed by atoms with Crippen LogP contribution in [0.15, 0.2) is 23.8 Å². The minimum absolute atomic E-state index is 0.0207. The van der Waals surface area contributed by atoms with Crippen LogP contribution >= 0.6 is 0 Å². The van der Waals surface area contributed by atoms with Crippen LogP contribution in [0.1, 0.15) is 142 Å². The molecule has 172 valence electrons. The highest BCUT2D eigenvalue weighted by molar-refractivity contribution is 6.17. The summed E-state index contributed by atoms with van der Waals surface area (Å²) < 4.78 is 0. The molecule has 0 unspecified atom stereocenters. The first kappa shape index (κ1) is 26.9. The first-order chi connectivity index (χ1) is 14.7. The highest BCUT2D eigenvalue weighted by atomic mass is 16.1. The molecule has 0 atom stereocenters. The molecule has 30 heavy (non-hydrogen) atoms. The molecule has 0 N–H and O–H groups in total. The summed E-state index contributed by atoms with van der Waals surface area (Å²) in [6.45, 7) is 2.29. The van der Waals surface area contributed by atoms with Gasteiger partial charge in [0.25, 0.3) is 0 Å². The van der Waals surface area contributed by atoms with Crippen molar-refractivity contribution in [3.63, 3.8) is 0 Å². The molecular weight excluding hydrogens is 368 g/mol. The van der Waals surface area contributed by atoms with Gasteiger partial charge in [-0.2, -0.15) is 0 Å². The van der Waals surface area contributed by atoms with E-state index in [0.717, 1.165) is 12.8 Å². The number of hydrogen-bond acceptors (Lipinski definition) is 2. The summed E-state index contributed by atoms with van der Waals surface area (Å²) in [6, 6.07) is 0. The standard InChI is InChI=1S/C28H48O2/c1-2-3-4-5-6-7-8-9-10-11-12-13-14-15-16-17-18-19-20-21-22-26-25-27(29)23-24-28(26)30/h23-25H,2-22H2,1H3. The molecule has 1 aliphatic rings. The molecule has 0 spiro atoms. The topological polar surface area (TPSA) is 34.1 Å². The number of carbonyl (C=O) groups excluding carboxylic acids is 2. The second-order valence-corrected chi connectivity index (χ2v) is 9.24. The van der Waals surface area contributed by atoms with Crippen LogP contribution in [0.2, 0.25) is 0 Å². The lowest BCUT2D eigenvalue weighted by atomic mass is 9.97. The second kappa shape index (κ2) is 19.8. The van der Waals surface area contributed by atoms with Crippen molar-refractivity contribution >= 4 is 11.6 Å². The van der Waals surface area contributed by atoms with Gasteiger partial charge in [0.05, 0.1) is 0 Å². The van der Waals surface area contributed by atoms with Gasteiger partial charge in [0.2, 0.25) is 0 Å². The molecule has 1 rings (SSSR count). The van der Waals surface area contributed by atoms with Gasteiger partial charge in [-0.15, -0.1) is 0 Å². The molecule has 0 aromatic rings. The maximum Gasteiger partial charge on any atom is 0.182 e. The van der Waals surface area contributed by atoms with E-state index >= 15 is 0 Å². The van der Waals surface area contributed by atoms with E-state index in [4.69, 9.17) is 0 Å². The molecule has 1 aliphatic carbocycles. The van der Waals surface area contributed by atoms with E-state index in [1.807, 2.05) is 0 Å². The Morgan fingerprint density at radius 3 is 1.27 bits per heavy atom. The van der Waals surface area contributed by atoms with E-state index in [1.54, 1.807) is 0 Å². The molecule has 0 aliphatic heterocycles. The van der Waals surface area contributed by atoms with Crippen LogP contribution in [0.5, 0.6) is 0 Å². The highest BCUT2D eigenvalue weighted by Crippen LogP contribution is 2.17. The Morgan fingerprint density at radius 2 is 0.867 bits per heavy atom. The quantitative estimate of drug-likeness (QED) is 0.138. The maximum absolute atomic E-state index is 11.7. The first-order valence-corrected chi connectivity index (χ1v) is 13.2. The molecule has 0 amide bonds. The van der Waals surface area contributed by atoms with Gasteiger partial charge >= 0.3 is 0 Å². The molecule has 0 heterocycles. The highest BCUT2D eigenvalue weighted by Gasteiger charge is 2.12. The number of allylic oxidation sites excluding steroid dienone is 4. The number of hydrogen-bond donors (Lipinski definition) is 0. The molecule has 0 radical (unpaired) electrons. The summed E-state index contributed by atoms with van der Waals surface area (Å²) in [7, 11) is 0. The van der Waals surface area contributed by atoms with Crippen LogP contribution in [0.3, 0.4) is 0 Å². The average molecular weight is 417 g/mol. The minimum Gasteiger partial charge on any atom is -0.290 e. The predicted molar refractivity (Wildman–Crippen MR) is 130 cm³/mol.